The fourth-order valence-electron chi connectivity index (χ4n) is 1.34. The Morgan fingerprint density at radius 3 is 2.94 bits per heavy atom. The maximum absolute atomic E-state index is 13.6. The third-order valence-electron chi connectivity index (χ3n) is 2.14. The number of hydrogen-bond acceptors (Lipinski definition) is 2. The molecule has 2 aromatic rings. The Labute approximate surface area is 105 Å². The molecule has 0 aliphatic rings. The van der Waals surface area contributed by atoms with Gasteiger partial charge in [-0.3, -0.25) is 9.89 Å². The molecule has 6 heteroatoms. The van der Waals surface area contributed by atoms with Crippen LogP contribution in [0.5, 0.6) is 0 Å². The van der Waals surface area contributed by atoms with Crippen LogP contribution in [0.4, 0.5) is 10.2 Å². The number of aromatic amines is 1. The molecule has 0 saturated heterocycles. The van der Waals surface area contributed by atoms with Crippen molar-refractivity contribution in [3.63, 3.8) is 0 Å². The van der Waals surface area contributed by atoms with Crippen LogP contribution in [0, 0.1) is 12.7 Å². The van der Waals surface area contributed by atoms with Crippen LogP contribution < -0.4 is 5.32 Å². The average Bonchev–Trinajstić information content (AvgIpc) is 2.68. The van der Waals surface area contributed by atoms with Crippen molar-refractivity contribution in [3.8, 4) is 0 Å². The minimum atomic E-state index is -0.586. The summed E-state index contributed by atoms with van der Waals surface area (Å²) in [4.78, 5) is 11.8. The number of rotatable bonds is 2. The Hall–Kier alpha value is -1.69. The predicted molar refractivity (Wildman–Crippen MR) is 65.4 cm³/mol. The van der Waals surface area contributed by atoms with Crippen LogP contribution in [0.25, 0.3) is 0 Å². The van der Waals surface area contributed by atoms with Gasteiger partial charge < -0.3 is 5.32 Å². The number of nitrogens with zero attached hydrogens (tertiary/aromatic N) is 1. The number of amides is 1. The van der Waals surface area contributed by atoms with E-state index in [2.05, 4.69) is 31.4 Å². The SMILES string of the molecule is Cc1cc(NC(=O)c2cccc(Br)c2F)n[nH]1. The molecule has 2 N–H and O–H groups in total. The lowest BCUT2D eigenvalue weighted by molar-refractivity contribution is 0.102. The first-order chi connectivity index (χ1) is 8.08. The quantitative estimate of drug-likeness (QED) is 0.895. The summed E-state index contributed by atoms with van der Waals surface area (Å²) >= 11 is 3.03. The number of aryl methyl sites for hydroxylation is 1. The molecule has 0 atom stereocenters. The van der Waals surface area contributed by atoms with Crippen LogP contribution in [0.2, 0.25) is 0 Å². The summed E-state index contributed by atoms with van der Waals surface area (Å²) in [5, 5.41) is 9.03. The smallest absolute Gasteiger partial charge is 0.259 e. The second kappa shape index (κ2) is 4.67. The number of aromatic nitrogens is 2. The van der Waals surface area contributed by atoms with Crippen molar-refractivity contribution in [3.05, 3.63) is 45.8 Å². The molecule has 0 aliphatic heterocycles. The lowest BCUT2D eigenvalue weighted by atomic mass is 10.2. The summed E-state index contributed by atoms with van der Waals surface area (Å²) in [7, 11) is 0. The van der Waals surface area contributed by atoms with E-state index in [9.17, 15) is 9.18 Å². The molecule has 0 bridgehead atoms. The van der Waals surface area contributed by atoms with Crippen molar-refractivity contribution in [2.24, 2.45) is 0 Å². The van der Waals surface area contributed by atoms with Crippen LogP contribution in [-0.2, 0) is 0 Å². The molecule has 17 heavy (non-hydrogen) atoms. The lowest BCUT2D eigenvalue weighted by Gasteiger charge is -2.04. The molecule has 1 heterocycles. The molecule has 0 aliphatic carbocycles. The third kappa shape index (κ3) is 2.52. The van der Waals surface area contributed by atoms with Crippen LogP contribution in [0.3, 0.4) is 0 Å². The second-order valence-corrected chi connectivity index (χ2v) is 4.35. The topological polar surface area (TPSA) is 57.8 Å². The highest BCUT2D eigenvalue weighted by Crippen LogP contribution is 2.19. The van der Waals surface area contributed by atoms with E-state index in [0.717, 1.165) is 5.69 Å². The highest BCUT2D eigenvalue weighted by molar-refractivity contribution is 9.10. The number of halogens is 2. The van der Waals surface area contributed by atoms with Crippen LogP contribution >= 0.6 is 15.9 Å². The van der Waals surface area contributed by atoms with E-state index >= 15 is 0 Å². The highest BCUT2D eigenvalue weighted by atomic mass is 79.9. The van der Waals surface area contributed by atoms with Crippen molar-refractivity contribution in [2.75, 3.05) is 5.32 Å². The maximum atomic E-state index is 13.6. The zero-order valence-electron chi connectivity index (χ0n) is 8.92. The number of hydrogen-bond donors (Lipinski definition) is 2. The van der Waals surface area contributed by atoms with Gasteiger partial charge in [-0.05, 0) is 35.0 Å². The zero-order valence-corrected chi connectivity index (χ0v) is 10.5. The van der Waals surface area contributed by atoms with Crippen LogP contribution in [-0.4, -0.2) is 16.1 Å². The number of anilines is 1. The Kier molecular flexibility index (Phi) is 3.23. The molecule has 0 saturated carbocycles. The molecule has 0 radical (unpaired) electrons. The fraction of sp³-hybridized carbons (Fsp3) is 0.0909. The van der Waals surface area contributed by atoms with Gasteiger partial charge in [0.1, 0.15) is 5.82 Å². The molecule has 0 spiro atoms. The monoisotopic (exact) mass is 297 g/mol. The second-order valence-electron chi connectivity index (χ2n) is 3.49. The van der Waals surface area contributed by atoms with Gasteiger partial charge in [0.2, 0.25) is 0 Å². The predicted octanol–water partition coefficient (Wildman–Crippen LogP) is 2.87. The lowest BCUT2D eigenvalue weighted by Crippen LogP contribution is -2.14. The average molecular weight is 298 g/mol. The van der Waals surface area contributed by atoms with E-state index in [4.69, 9.17) is 0 Å². The van der Waals surface area contributed by atoms with Gasteiger partial charge in [0.15, 0.2) is 5.82 Å². The number of nitrogens with one attached hydrogen (secondary N) is 2. The summed E-state index contributed by atoms with van der Waals surface area (Å²) in [5.74, 6) is -0.751. The minimum Gasteiger partial charge on any atom is -0.305 e. The van der Waals surface area contributed by atoms with Gasteiger partial charge in [0, 0.05) is 11.8 Å². The summed E-state index contributed by atoms with van der Waals surface area (Å²) < 4.78 is 13.9. The first-order valence-electron chi connectivity index (χ1n) is 4.85. The summed E-state index contributed by atoms with van der Waals surface area (Å²) in [6.45, 7) is 1.81. The molecule has 4 nitrogen and oxygen atoms in total. The minimum absolute atomic E-state index is 0.0278. The number of H-pyrrole nitrogens is 1. The van der Waals surface area contributed by atoms with Gasteiger partial charge >= 0.3 is 0 Å². The van der Waals surface area contributed by atoms with E-state index in [1.807, 2.05) is 6.92 Å². The Morgan fingerprint density at radius 1 is 1.53 bits per heavy atom. The summed E-state index contributed by atoms with van der Waals surface area (Å²) in [6.07, 6.45) is 0. The Morgan fingerprint density at radius 2 is 2.29 bits per heavy atom. The fourth-order valence-corrected chi connectivity index (χ4v) is 1.71. The van der Waals surface area contributed by atoms with Crippen molar-refractivity contribution in [1.29, 1.82) is 0 Å². The molecule has 1 amide bonds. The van der Waals surface area contributed by atoms with E-state index in [-0.39, 0.29) is 10.0 Å². The van der Waals surface area contributed by atoms with Crippen molar-refractivity contribution in [2.45, 2.75) is 6.92 Å². The van der Waals surface area contributed by atoms with Gasteiger partial charge in [-0.15, -0.1) is 0 Å². The molecular weight excluding hydrogens is 289 g/mol. The molecular formula is C11H9BrFN3O. The normalized spacial score (nSPS) is 10.3. The molecule has 1 aromatic heterocycles. The van der Waals surface area contributed by atoms with Gasteiger partial charge in [0.25, 0.3) is 5.91 Å². The van der Waals surface area contributed by atoms with Gasteiger partial charge in [-0.25, -0.2) is 4.39 Å². The van der Waals surface area contributed by atoms with E-state index in [0.29, 0.717) is 5.82 Å². The number of benzene rings is 1. The number of carbonyl (C=O) groups is 1. The maximum Gasteiger partial charge on any atom is 0.259 e. The third-order valence-corrected chi connectivity index (χ3v) is 2.76. The standard InChI is InChI=1S/C11H9BrFN3O/c1-6-5-9(16-15-6)14-11(17)7-3-2-4-8(12)10(7)13/h2-5H,1H3,(H2,14,15,16,17). The van der Waals surface area contributed by atoms with Crippen molar-refractivity contribution >= 4 is 27.7 Å². The van der Waals surface area contributed by atoms with Gasteiger partial charge in [-0.2, -0.15) is 5.10 Å². The van der Waals surface area contributed by atoms with Crippen molar-refractivity contribution in [1.82, 2.24) is 10.2 Å². The van der Waals surface area contributed by atoms with E-state index in [1.54, 1.807) is 12.1 Å². The largest absolute Gasteiger partial charge is 0.305 e. The van der Waals surface area contributed by atoms with E-state index in [1.165, 1.54) is 12.1 Å². The van der Waals surface area contributed by atoms with Crippen LogP contribution in [0.1, 0.15) is 16.1 Å². The van der Waals surface area contributed by atoms with Gasteiger partial charge in [-0.1, -0.05) is 6.07 Å². The zero-order chi connectivity index (χ0) is 12.4. The summed E-state index contributed by atoms with van der Waals surface area (Å²) in [6, 6.07) is 6.20. The Bertz CT molecular complexity index is 568. The molecule has 0 fully saturated rings. The molecule has 2 rings (SSSR count). The first-order valence-corrected chi connectivity index (χ1v) is 5.64. The highest BCUT2D eigenvalue weighted by Gasteiger charge is 2.14. The van der Waals surface area contributed by atoms with Gasteiger partial charge in [0.05, 0.1) is 10.0 Å². The number of carbonyl (C=O) groups excluding carboxylic acids is 1. The molecule has 88 valence electrons. The molecule has 1 aromatic carbocycles. The van der Waals surface area contributed by atoms with Crippen molar-refractivity contribution < 1.29 is 9.18 Å². The molecule has 0 unspecified atom stereocenters. The first kappa shape index (κ1) is 11.8. The Balaban J connectivity index is 2.23. The van der Waals surface area contributed by atoms with E-state index < -0.39 is 11.7 Å². The summed E-state index contributed by atoms with van der Waals surface area (Å²) in [5.41, 5.74) is 0.787. The van der Waals surface area contributed by atoms with Crippen LogP contribution in [0.15, 0.2) is 28.7 Å².